The number of aliphatic carboxylic acids is 1. The van der Waals surface area contributed by atoms with Crippen LogP contribution in [0.2, 0.25) is 0 Å². The fourth-order valence-electron chi connectivity index (χ4n) is 2.99. The molecule has 0 radical (unpaired) electrons. The number of benzene rings is 1. The monoisotopic (exact) mass is 363 g/mol. The van der Waals surface area contributed by atoms with Gasteiger partial charge in [-0.1, -0.05) is 0 Å². The van der Waals surface area contributed by atoms with Crippen LogP contribution in [-0.2, 0) is 9.59 Å². The van der Waals surface area contributed by atoms with E-state index >= 15 is 0 Å². The second-order valence-electron chi connectivity index (χ2n) is 6.49. The Morgan fingerprint density at radius 2 is 2.04 bits per heavy atom. The van der Waals surface area contributed by atoms with E-state index in [-0.39, 0.29) is 30.2 Å². The van der Waals surface area contributed by atoms with Crippen molar-refractivity contribution in [2.75, 3.05) is 26.7 Å². The quantitative estimate of drug-likeness (QED) is 0.622. The van der Waals surface area contributed by atoms with Crippen LogP contribution < -0.4 is 0 Å². The van der Waals surface area contributed by atoms with Crippen LogP contribution in [0.15, 0.2) is 18.2 Å². The zero-order valence-corrected chi connectivity index (χ0v) is 14.7. The number of carbonyl (C=O) groups excluding carboxylic acids is 2. The fourth-order valence-corrected chi connectivity index (χ4v) is 2.99. The number of amides is 2. The molecule has 1 aliphatic heterocycles. The van der Waals surface area contributed by atoms with Crippen LogP contribution in [-0.4, -0.2) is 64.3 Å². The molecular formula is C17H21N3O6. The molecule has 1 N–H and O–H groups in total. The van der Waals surface area contributed by atoms with Gasteiger partial charge in [-0.25, -0.2) is 0 Å². The predicted octanol–water partition coefficient (Wildman–Crippen LogP) is 1.30. The van der Waals surface area contributed by atoms with E-state index in [1.807, 2.05) is 0 Å². The average Bonchev–Trinajstić information content (AvgIpc) is 2.60. The minimum atomic E-state index is -0.931. The Balaban J connectivity index is 2.06. The minimum absolute atomic E-state index is 0.131. The molecule has 0 aliphatic carbocycles. The van der Waals surface area contributed by atoms with Gasteiger partial charge in [-0.3, -0.25) is 24.5 Å². The van der Waals surface area contributed by atoms with Crippen molar-refractivity contribution in [3.63, 3.8) is 0 Å². The Hall–Kier alpha value is -2.97. The number of likely N-dealkylation sites (N-methyl/N-ethyl adjacent to an activating group) is 1. The van der Waals surface area contributed by atoms with Crippen molar-refractivity contribution in [3.05, 3.63) is 39.4 Å². The molecular weight excluding hydrogens is 342 g/mol. The number of carbonyl (C=O) groups is 3. The fraction of sp³-hybridized carbons (Fsp3) is 0.471. The molecule has 140 valence electrons. The Bertz CT molecular complexity index is 748. The van der Waals surface area contributed by atoms with E-state index in [9.17, 15) is 24.5 Å². The second kappa shape index (κ2) is 7.94. The van der Waals surface area contributed by atoms with E-state index in [0.29, 0.717) is 24.9 Å². The van der Waals surface area contributed by atoms with Gasteiger partial charge in [0.05, 0.1) is 17.4 Å². The van der Waals surface area contributed by atoms with E-state index in [1.54, 1.807) is 6.92 Å². The number of nitrogens with zero attached hydrogens (tertiary/aromatic N) is 3. The summed E-state index contributed by atoms with van der Waals surface area (Å²) in [5.41, 5.74) is 0.519. The summed E-state index contributed by atoms with van der Waals surface area (Å²) >= 11 is 0. The lowest BCUT2D eigenvalue weighted by Crippen LogP contribution is -2.46. The summed E-state index contributed by atoms with van der Waals surface area (Å²) in [6, 6.07) is 4.07. The normalized spacial score (nSPS) is 16.8. The summed E-state index contributed by atoms with van der Waals surface area (Å²) in [7, 11) is 1.44. The summed E-state index contributed by atoms with van der Waals surface area (Å²) < 4.78 is 0. The first kappa shape index (κ1) is 19.4. The number of likely N-dealkylation sites (tertiary alicyclic amines) is 1. The lowest BCUT2D eigenvalue weighted by molar-refractivity contribution is -0.384. The average molecular weight is 363 g/mol. The van der Waals surface area contributed by atoms with Crippen molar-refractivity contribution >= 4 is 23.5 Å². The first-order valence-corrected chi connectivity index (χ1v) is 8.21. The number of hydrogen-bond donors (Lipinski definition) is 1. The third-order valence-electron chi connectivity index (χ3n) is 4.36. The number of non-ortho nitro benzene ring substituents is 1. The van der Waals surface area contributed by atoms with E-state index in [4.69, 9.17) is 5.11 Å². The van der Waals surface area contributed by atoms with E-state index in [0.717, 1.165) is 0 Å². The highest BCUT2D eigenvalue weighted by Gasteiger charge is 2.29. The number of nitro benzene ring substituents is 1. The molecule has 0 aromatic heterocycles. The molecule has 0 bridgehead atoms. The van der Waals surface area contributed by atoms with Gasteiger partial charge in [-0.05, 0) is 31.4 Å². The minimum Gasteiger partial charge on any atom is -0.481 e. The zero-order valence-electron chi connectivity index (χ0n) is 14.7. The molecule has 26 heavy (non-hydrogen) atoms. The van der Waals surface area contributed by atoms with Crippen molar-refractivity contribution in [1.29, 1.82) is 0 Å². The molecule has 1 fully saturated rings. The highest BCUT2D eigenvalue weighted by atomic mass is 16.6. The van der Waals surface area contributed by atoms with Gasteiger partial charge in [0, 0.05) is 37.8 Å². The molecule has 1 atom stereocenters. The van der Waals surface area contributed by atoms with Crippen LogP contribution in [0.25, 0.3) is 0 Å². The summed E-state index contributed by atoms with van der Waals surface area (Å²) in [5, 5.41) is 20.0. The third-order valence-corrected chi connectivity index (χ3v) is 4.36. The van der Waals surface area contributed by atoms with E-state index < -0.39 is 22.7 Å². The molecule has 1 aliphatic rings. The van der Waals surface area contributed by atoms with E-state index in [1.165, 1.54) is 35.0 Å². The summed E-state index contributed by atoms with van der Waals surface area (Å²) in [4.78, 5) is 49.0. The van der Waals surface area contributed by atoms with Gasteiger partial charge in [0.2, 0.25) is 5.91 Å². The maximum Gasteiger partial charge on any atom is 0.308 e. The van der Waals surface area contributed by atoms with E-state index in [2.05, 4.69) is 0 Å². The van der Waals surface area contributed by atoms with Gasteiger partial charge in [0.1, 0.15) is 0 Å². The third kappa shape index (κ3) is 4.56. The molecule has 1 aromatic carbocycles. The number of hydrogen-bond acceptors (Lipinski definition) is 5. The SMILES string of the molecule is Cc1cc(C(=O)N(C)CC(=O)N2CCCC(C(=O)O)C2)cc([N+](=O)[O-])c1. The lowest BCUT2D eigenvalue weighted by Gasteiger charge is -2.32. The Morgan fingerprint density at radius 1 is 1.35 bits per heavy atom. The first-order valence-electron chi connectivity index (χ1n) is 8.21. The van der Waals surface area contributed by atoms with Crippen molar-refractivity contribution in [1.82, 2.24) is 9.80 Å². The molecule has 1 unspecified atom stereocenters. The molecule has 2 rings (SSSR count). The molecule has 2 amide bonds. The van der Waals surface area contributed by atoms with Crippen LogP contribution in [0.5, 0.6) is 0 Å². The van der Waals surface area contributed by atoms with Gasteiger partial charge in [-0.2, -0.15) is 0 Å². The van der Waals surface area contributed by atoms with Crippen molar-refractivity contribution < 1.29 is 24.4 Å². The van der Waals surface area contributed by atoms with Crippen molar-refractivity contribution in [2.24, 2.45) is 5.92 Å². The van der Waals surface area contributed by atoms with Gasteiger partial charge in [0.25, 0.3) is 11.6 Å². The van der Waals surface area contributed by atoms with Gasteiger partial charge >= 0.3 is 5.97 Å². The van der Waals surface area contributed by atoms with Crippen LogP contribution in [0.4, 0.5) is 5.69 Å². The molecule has 0 saturated carbocycles. The van der Waals surface area contributed by atoms with Gasteiger partial charge < -0.3 is 14.9 Å². The number of carboxylic acid groups (broad SMARTS) is 1. The maximum atomic E-state index is 12.5. The van der Waals surface area contributed by atoms with Crippen molar-refractivity contribution in [2.45, 2.75) is 19.8 Å². The molecule has 9 heteroatoms. The Labute approximate surface area is 150 Å². The molecule has 0 spiro atoms. The van der Waals surface area contributed by atoms with Crippen molar-refractivity contribution in [3.8, 4) is 0 Å². The maximum absolute atomic E-state index is 12.5. The second-order valence-corrected chi connectivity index (χ2v) is 6.49. The number of rotatable bonds is 5. The smallest absolute Gasteiger partial charge is 0.308 e. The van der Waals surface area contributed by atoms with Crippen LogP contribution in [0, 0.1) is 23.0 Å². The van der Waals surface area contributed by atoms with Gasteiger partial charge in [-0.15, -0.1) is 0 Å². The topological polar surface area (TPSA) is 121 Å². The van der Waals surface area contributed by atoms with Crippen LogP contribution in [0.1, 0.15) is 28.8 Å². The Kier molecular flexibility index (Phi) is 5.91. The predicted molar refractivity (Wildman–Crippen MR) is 91.7 cm³/mol. The molecule has 1 heterocycles. The summed E-state index contributed by atoms with van der Waals surface area (Å²) in [6.07, 6.45) is 1.13. The standard InChI is InChI=1S/C17H21N3O6/c1-11-6-13(8-14(7-11)20(25)26)16(22)18(2)10-15(21)19-5-3-4-12(9-19)17(23)24/h6-8,12H,3-5,9-10H2,1-2H3,(H,23,24). The largest absolute Gasteiger partial charge is 0.481 e. The highest BCUT2D eigenvalue weighted by molar-refractivity contribution is 5.97. The number of aryl methyl sites for hydroxylation is 1. The van der Waals surface area contributed by atoms with Gasteiger partial charge in [0.15, 0.2) is 0 Å². The molecule has 1 saturated heterocycles. The van der Waals surface area contributed by atoms with Crippen LogP contribution in [0.3, 0.4) is 0 Å². The zero-order chi connectivity index (χ0) is 19.4. The lowest BCUT2D eigenvalue weighted by atomic mass is 9.98. The molecule has 1 aromatic rings. The summed E-state index contributed by atoms with van der Waals surface area (Å²) in [5.74, 6) is -2.36. The summed E-state index contributed by atoms with van der Waals surface area (Å²) in [6.45, 7) is 2.02. The number of carboxylic acids is 1. The highest BCUT2D eigenvalue weighted by Crippen LogP contribution is 2.19. The number of nitro groups is 1. The molecule has 9 nitrogen and oxygen atoms in total. The number of piperidine rings is 1. The van der Waals surface area contributed by atoms with Crippen LogP contribution >= 0.6 is 0 Å². The first-order chi connectivity index (χ1) is 12.2. The Morgan fingerprint density at radius 3 is 2.65 bits per heavy atom.